The summed E-state index contributed by atoms with van der Waals surface area (Å²) in [6.45, 7) is 0.547. The van der Waals surface area contributed by atoms with Crippen LogP contribution in [-0.4, -0.2) is 12.4 Å². The third-order valence-electron chi connectivity index (χ3n) is 5.02. The average Bonchev–Trinajstić information content (AvgIpc) is 2.56. The van der Waals surface area contributed by atoms with Crippen LogP contribution in [0.15, 0.2) is 18.2 Å². The minimum absolute atomic E-state index is 0.312. The maximum atomic E-state index is 12.2. The number of carbonyl (C=O) groups excluding carboxylic acids is 1. The molecule has 0 N–H and O–H groups in total. The topological polar surface area (TPSA) is 26.3 Å². The molecule has 0 bridgehead atoms. The minimum atomic E-state index is 0.312. The van der Waals surface area contributed by atoms with Crippen LogP contribution >= 0.6 is 0 Å². The normalized spacial score (nSPS) is 19.0. The van der Waals surface area contributed by atoms with Gasteiger partial charge in [-0.05, 0) is 55.7 Å². The van der Waals surface area contributed by atoms with Crippen molar-refractivity contribution in [2.24, 2.45) is 5.92 Å². The highest BCUT2D eigenvalue weighted by atomic mass is 16.5. The fourth-order valence-corrected chi connectivity index (χ4v) is 3.77. The minimum Gasteiger partial charge on any atom is -0.493 e. The molecule has 0 atom stereocenters. The summed E-state index contributed by atoms with van der Waals surface area (Å²) >= 11 is 0. The number of rotatable bonds is 5. The number of ketones is 1. The van der Waals surface area contributed by atoms with Gasteiger partial charge in [-0.1, -0.05) is 31.4 Å². The van der Waals surface area contributed by atoms with Gasteiger partial charge in [0.05, 0.1) is 6.61 Å². The molecule has 0 amide bonds. The summed E-state index contributed by atoms with van der Waals surface area (Å²) in [5, 5.41) is 0. The predicted molar refractivity (Wildman–Crippen MR) is 84.8 cm³/mol. The zero-order valence-corrected chi connectivity index (χ0v) is 12.9. The molecule has 2 nitrogen and oxygen atoms in total. The summed E-state index contributed by atoms with van der Waals surface area (Å²) in [4.78, 5) is 12.2. The van der Waals surface area contributed by atoms with Crippen LogP contribution in [0.25, 0.3) is 0 Å². The second-order valence-electron chi connectivity index (χ2n) is 6.50. The lowest BCUT2D eigenvalue weighted by atomic mass is 9.85. The van der Waals surface area contributed by atoms with Crippen LogP contribution in [0.1, 0.15) is 62.5 Å². The third-order valence-corrected chi connectivity index (χ3v) is 5.02. The van der Waals surface area contributed by atoms with Gasteiger partial charge in [-0.15, -0.1) is 0 Å². The summed E-state index contributed by atoms with van der Waals surface area (Å²) in [6, 6.07) is 6.37. The SMILES string of the molecule is O=C(CCOc1cccc2c1CCCC2)C1CCCCC1. The highest BCUT2D eigenvalue weighted by Gasteiger charge is 2.21. The van der Waals surface area contributed by atoms with E-state index in [2.05, 4.69) is 18.2 Å². The lowest BCUT2D eigenvalue weighted by Gasteiger charge is -2.21. The Hall–Kier alpha value is -1.31. The number of fused-ring (bicyclic) bond motifs is 1. The molecule has 1 aromatic carbocycles. The number of carbonyl (C=O) groups is 1. The molecule has 3 rings (SSSR count). The Bertz CT molecular complexity index is 486. The van der Waals surface area contributed by atoms with Gasteiger partial charge in [0.15, 0.2) is 0 Å². The molecular formula is C19H26O2. The molecule has 0 spiro atoms. The molecule has 0 aliphatic heterocycles. The maximum Gasteiger partial charge on any atom is 0.139 e. The first kappa shape index (κ1) is 14.6. The number of benzene rings is 1. The molecule has 0 heterocycles. The monoisotopic (exact) mass is 286 g/mol. The van der Waals surface area contributed by atoms with Crippen LogP contribution in [0.4, 0.5) is 0 Å². The molecule has 0 saturated heterocycles. The van der Waals surface area contributed by atoms with E-state index in [0.717, 1.165) is 25.0 Å². The Morgan fingerprint density at radius 2 is 1.86 bits per heavy atom. The lowest BCUT2D eigenvalue weighted by molar-refractivity contribution is -0.124. The molecule has 2 heteroatoms. The van der Waals surface area contributed by atoms with Gasteiger partial charge in [-0.2, -0.15) is 0 Å². The summed E-state index contributed by atoms with van der Waals surface area (Å²) in [6.07, 6.45) is 11.4. The fourth-order valence-electron chi connectivity index (χ4n) is 3.77. The highest BCUT2D eigenvalue weighted by molar-refractivity contribution is 5.81. The molecule has 114 valence electrons. The van der Waals surface area contributed by atoms with Crippen molar-refractivity contribution in [3.63, 3.8) is 0 Å². The second kappa shape index (κ2) is 7.11. The average molecular weight is 286 g/mol. The zero-order chi connectivity index (χ0) is 14.5. The molecule has 21 heavy (non-hydrogen) atoms. The molecule has 2 aliphatic carbocycles. The molecule has 0 radical (unpaired) electrons. The van der Waals surface area contributed by atoms with Gasteiger partial charge in [0.2, 0.25) is 0 Å². The first-order valence-electron chi connectivity index (χ1n) is 8.61. The van der Waals surface area contributed by atoms with E-state index in [1.54, 1.807) is 0 Å². The van der Waals surface area contributed by atoms with Gasteiger partial charge in [-0.25, -0.2) is 0 Å². The van der Waals surface area contributed by atoms with Crippen molar-refractivity contribution in [3.05, 3.63) is 29.3 Å². The summed E-state index contributed by atoms with van der Waals surface area (Å²) in [5.41, 5.74) is 2.83. The Morgan fingerprint density at radius 1 is 1.05 bits per heavy atom. The van der Waals surface area contributed by atoms with E-state index in [-0.39, 0.29) is 0 Å². The van der Waals surface area contributed by atoms with Crippen molar-refractivity contribution in [2.75, 3.05) is 6.61 Å². The van der Waals surface area contributed by atoms with Crippen molar-refractivity contribution in [2.45, 2.75) is 64.2 Å². The molecular weight excluding hydrogens is 260 g/mol. The van der Waals surface area contributed by atoms with E-state index >= 15 is 0 Å². The third kappa shape index (κ3) is 3.66. The van der Waals surface area contributed by atoms with Crippen molar-refractivity contribution >= 4 is 5.78 Å². The van der Waals surface area contributed by atoms with Crippen LogP contribution in [0.2, 0.25) is 0 Å². The Balaban J connectivity index is 1.52. The highest BCUT2D eigenvalue weighted by Crippen LogP contribution is 2.30. The summed E-state index contributed by atoms with van der Waals surface area (Å²) in [7, 11) is 0. The molecule has 1 saturated carbocycles. The number of hydrogen-bond acceptors (Lipinski definition) is 2. The second-order valence-corrected chi connectivity index (χ2v) is 6.50. The largest absolute Gasteiger partial charge is 0.493 e. The fraction of sp³-hybridized carbons (Fsp3) is 0.632. The number of Topliss-reactive ketones (excluding diaryl/α,β-unsaturated/α-hetero) is 1. The van der Waals surface area contributed by atoms with Gasteiger partial charge in [0.25, 0.3) is 0 Å². The molecule has 0 unspecified atom stereocenters. The van der Waals surface area contributed by atoms with Crippen LogP contribution < -0.4 is 4.74 Å². The lowest BCUT2D eigenvalue weighted by Crippen LogP contribution is -2.20. The van der Waals surface area contributed by atoms with Crippen LogP contribution in [-0.2, 0) is 17.6 Å². The van der Waals surface area contributed by atoms with Crippen LogP contribution in [0.3, 0.4) is 0 Å². The van der Waals surface area contributed by atoms with E-state index in [4.69, 9.17) is 4.74 Å². The van der Waals surface area contributed by atoms with E-state index in [1.807, 2.05) is 0 Å². The van der Waals surface area contributed by atoms with Crippen molar-refractivity contribution < 1.29 is 9.53 Å². The van der Waals surface area contributed by atoms with Gasteiger partial charge in [-0.3, -0.25) is 4.79 Å². The van der Waals surface area contributed by atoms with Crippen LogP contribution in [0.5, 0.6) is 5.75 Å². The summed E-state index contributed by atoms with van der Waals surface area (Å²) in [5.74, 6) is 1.75. The van der Waals surface area contributed by atoms with Crippen LogP contribution in [0, 0.1) is 5.92 Å². The van der Waals surface area contributed by atoms with Crippen molar-refractivity contribution in [3.8, 4) is 5.75 Å². The summed E-state index contributed by atoms with van der Waals surface area (Å²) < 4.78 is 5.95. The standard InChI is InChI=1S/C19H26O2/c20-18(16-8-2-1-3-9-16)13-14-21-19-12-6-10-15-7-4-5-11-17(15)19/h6,10,12,16H,1-5,7-9,11,13-14H2. The quantitative estimate of drug-likeness (QED) is 0.797. The van der Waals surface area contributed by atoms with E-state index in [1.165, 1.54) is 49.7 Å². The first-order valence-corrected chi connectivity index (χ1v) is 8.61. The molecule has 2 aliphatic rings. The van der Waals surface area contributed by atoms with E-state index < -0.39 is 0 Å². The van der Waals surface area contributed by atoms with E-state index in [0.29, 0.717) is 24.7 Å². The number of ether oxygens (including phenoxy) is 1. The van der Waals surface area contributed by atoms with Gasteiger partial charge < -0.3 is 4.74 Å². The smallest absolute Gasteiger partial charge is 0.139 e. The van der Waals surface area contributed by atoms with Gasteiger partial charge in [0, 0.05) is 12.3 Å². The Kier molecular flexibility index (Phi) is 4.95. The molecule has 0 aromatic heterocycles. The zero-order valence-electron chi connectivity index (χ0n) is 12.9. The Labute approximate surface area is 127 Å². The molecule has 1 fully saturated rings. The number of aryl methyl sites for hydroxylation is 1. The number of hydrogen-bond donors (Lipinski definition) is 0. The predicted octanol–water partition coefficient (Wildman–Crippen LogP) is 4.48. The first-order chi connectivity index (χ1) is 10.3. The van der Waals surface area contributed by atoms with Gasteiger partial charge in [0.1, 0.15) is 11.5 Å². The van der Waals surface area contributed by atoms with Crippen molar-refractivity contribution in [1.82, 2.24) is 0 Å². The van der Waals surface area contributed by atoms with Gasteiger partial charge >= 0.3 is 0 Å². The van der Waals surface area contributed by atoms with Crippen molar-refractivity contribution in [1.29, 1.82) is 0 Å². The Morgan fingerprint density at radius 3 is 2.71 bits per heavy atom. The maximum absolute atomic E-state index is 12.2. The molecule has 1 aromatic rings. The van der Waals surface area contributed by atoms with E-state index in [9.17, 15) is 4.79 Å².